The lowest BCUT2D eigenvalue weighted by atomic mass is 10.2. The fraction of sp³-hybridized carbons (Fsp3) is 0.214. The van der Waals surface area contributed by atoms with Gasteiger partial charge in [0.05, 0.1) is 13.3 Å². The molecular formula is C14H14N6O3S. The number of aryl methyl sites for hydroxylation is 1. The molecule has 2 heterocycles. The zero-order valence-electron chi connectivity index (χ0n) is 13.0. The van der Waals surface area contributed by atoms with Crippen molar-refractivity contribution in [1.29, 1.82) is 0 Å². The number of rotatable bonds is 6. The van der Waals surface area contributed by atoms with Crippen LogP contribution in [0.15, 0.2) is 34.3 Å². The van der Waals surface area contributed by atoms with Gasteiger partial charge in [0.1, 0.15) is 24.3 Å². The average Bonchev–Trinajstić information content (AvgIpc) is 3.19. The van der Waals surface area contributed by atoms with Crippen molar-refractivity contribution in [3.63, 3.8) is 0 Å². The largest absolute Gasteiger partial charge is 0.493 e. The number of ether oxygens (including phenoxy) is 2. The lowest BCUT2D eigenvalue weighted by Gasteiger charge is -2.10. The van der Waals surface area contributed by atoms with Gasteiger partial charge >= 0.3 is 0 Å². The Morgan fingerprint density at radius 2 is 2.25 bits per heavy atom. The van der Waals surface area contributed by atoms with Crippen LogP contribution in [0.3, 0.4) is 0 Å². The van der Waals surface area contributed by atoms with Crippen molar-refractivity contribution in [1.82, 2.24) is 25.2 Å². The summed E-state index contributed by atoms with van der Waals surface area (Å²) in [7, 11) is 1.57. The normalized spacial score (nSPS) is 11.1. The van der Waals surface area contributed by atoms with Gasteiger partial charge in [0.25, 0.3) is 0 Å². The van der Waals surface area contributed by atoms with Crippen molar-refractivity contribution in [3.8, 4) is 11.5 Å². The molecule has 3 aromatic rings. The van der Waals surface area contributed by atoms with Gasteiger partial charge in [-0.15, -0.1) is 0 Å². The fourth-order valence-electron chi connectivity index (χ4n) is 1.86. The van der Waals surface area contributed by atoms with E-state index in [1.54, 1.807) is 32.4 Å². The van der Waals surface area contributed by atoms with E-state index in [1.165, 1.54) is 11.0 Å². The van der Waals surface area contributed by atoms with Gasteiger partial charge < -0.3 is 9.47 Å². The highest BCUT2D eigenvalue weighted by atomic mass is 32.1. The summed E-state index contributed by atoms with van der Waals surface area (Å²) in [5.41, 5.74) is 2.15. The maximum atomic E-state index is 5.71. The van der Waals surface area contributed by atoms with Gasteiger partial charge in [0.2, 0.25) is 4.77 Å². The summed E-state index contributed by atoms with van der Waals surface area (Å²) in [5, 5.41) is 18.1. The second kappa shape index (κ2) is 7.04. The molecule has 0 aliphatic carbocycles. The first kappa shape index (κ1) is 15.9. The van der Waals surface area contributed by atoms with Crippen LogP contribution < -0.4 is 9.47 Å². The molecule has 0 radical (unpaired) electrons. The van der Waals surface area contributed by atoms with Crippen LogP contribution in [-0.2, 0) is 6.61 Å². The van der Waals surface area contributed by atoms with E-state index in [-0.39, 0.29) is 6.61 Å². The molecule has 0 amide bonds. The van der Waals surface area contributed by atoms with Gasteiger partial charge in [0, 0.05) is 0 Å². The van der Waals surface area contributed by atoms with E-state index < -0.39 is 0 Å². The molecule has 1 aromatic carbocycles. The Morgan fingerprint density at radius 3 is 2.92 bits per heavy atom. The maximum Gasteiger partial charge on any atom is 0.216 e. The van der Waals surface area contributed by atoms with Crippen LogP contribution >= 0.6 is 12.2 Å². The molecule has 0 atom stereocenters. The third-order valence-corrected chi connectivity index (χ3v) is 3.44. The minimum Gasteiger partial charge on any atom is -0.493 e. The Kier molecular flexibility index (Phi) is 4.66. The van der Waals surface area contributed by atoms with Crippen LogP contribution in [-0.4, -0.2) is 38.5 Å². The molecule has 9 nitrogen and oxygen atoms in total. The standard InChI is InChI=1S/C14H14N6O3S/c1-9-11(19-23-18-9)7-22-12-4-3-10(5-13(12)21-2)6-16-20-8-15-17-14(20)24/h3-6,8H,7H2,1-2H3,(H,17,24)/b16-6+. The lowest BCUT2D eigenvalue weighted by molar-refractivity contribution is 0.260. The molecule has 0 aliphatic rings. The molecule has 124 valence electrons. The zero-order chi connectivity index (χ0) is 16.9. The molecule has 0 spiro atoms. The number of nitrogens with one attached hydrogen (secondary N) is 1. The second-order valence-electron chi connectivity index (χ2n) is 4.75. The van der Waals surface area contributed by atoms with E-state index in [2.05, 4.69) is 30.2 Å². The van der Waals surface area contributed by atoms with E-state index >= 15 is 0 Å². The number of H-pyrrole nitrogens is 1. The Hall–Kier alpha value is -3.01. The van der Waals surface area contributed by atoms with Crippen molar-refractivity contribution < 1.29 is 14.1 Å². The first-order valence-corrected chi connectivity index (χ1v) is 7.33. The van der Waals surface area contributed by atoms with E-state index in [0.29, 0.717) is 27.7 Å². The predicted molar refractivity (Wildman–Crippen MR) is 86.8 cm³/mol. The van der Waals surface area contributed by atoms with Crippen LogP contribution in [0.2, 0.25) is 0 Å². The SMILES string of the molecule is COc1cc(/C=N/n2cn[nH]c2=S)ccc1OCc1nonc1C. The van der Waals surface area contributed by atoms with Crippen molar-refractivity contribution in [2.75, 3.05) is 7.11 Å². The fourth-order valence-corrected chi connectivity index (χ4v) is 2.01. The minimum atomic E-state index is 0.239. The van der Waals surface area contributed by atoms with Crippen molar-refractivity contribution in [2.45, 2.75) is 13.5 Å². The highest BCUT2D eigenvalue weighted by Gasteiger charge is 2.09. The Morgan fingerprint density at radius 1 is 1.38 bits per heavy atom. The van der Waals surface area contributed by atoms with E-state index in [1.807, 2.05) is 6.07 Å². The molecule has 24 heavy (non-hydrogen) atoms. The van der Waals surface area contributed by atoms with Gasteiger partial charge in [-0.2, -0.15) is 14.9 Å². The minimum absolute atomic E-state index is 0.239. The van der Waals surface area contributed by atoms with Crippen LogP contribution in [0.5, 0.6) is 11.5 Å². The maximum absolute atomic E-state index is 5.71. The summed E-state index contributed by atoms with van der Waals surface area (Å²) in [5.74, 6) is 1.15. The molecule has 2 aromatic heterocycles. The number of benzene rings is 1. The molecule has 0 aliphatic heterocycles. The smallest absolute Gasteiger partial charge is 0.216 e. The quantitative estimate of drug-likeness (QED) is 0.538. The van der Waals surface area contributed by atoms with Crippen molar-refractivity contribution in [3.05, 3.63) is 46.2 Å². The number of aromatic nitrogens is 5. The first-order valence-electron chi connectivity index (χ1n) is 6.92. The number of hydrogen-bond acceptors (Lipinski definition) is 8. The van der Waals surface area contributed by atoms with E-state index in [4.69, 9.17) is 21.7 Å². The molecule has 1 N–H and O–H groups in total. The molecular weight excluding hydrogens is 332 g/mol. The number of methoxy groups -OCH3 is 1. The van der Waals surface area contributed by atoms with E-state index in [9.17, 15) is 0 Å². The van der Waals surface area contributed by atoms with Gasteiger partial charge in [-0.1, -0.05) is 10.3 Å². The number of aromatic amines is 1. The zero-order valence-corrected chi connectivity index (χ0v) is 13.8. The molecule has 10 heteroatoms. The Labute approximate surface area is 141 Å². The van der Waals surface area contributed by atoms with Gasteiger partial charge in [-0.05, 0) is 42.9 Å². The summed E-state index contributed by atoms with van der Waals surface area (Å²) >= 11 is 5.02. The first-order chi connectivity index (χ1) is 11.7. The van der Waals surface area contributed by atoms with Crippen molar-refractivity contribution in [2.24, 2.45) is 5.10 Å². The predicted octanol–water partition coefficient (Wildman–Crippen LogP) is 2.10. The average molecular weight is 346 g/mol. The van der Waals surface area contributed by atoms with Crippen molar-refractivity contribution >= 4 is 18.4 Å². The van der Waals surface area contributed by atoms with Crippen LogP contribution in [0.25, 0.3) is 0 Å². The third kappa shape index (κ3) is 3.49. The monoisotopic (exact) mass is 346 g/mol. The summed E-state index contributed by atoms with van der Waals surface area (Å²) in [6.07, 6.45) is 3.13. The van der Waals surface area contributed by atoms with Gasteiger partial charge in [0.15, 0.2) is 11.5 Å². The molecule has 0 unspecified atom stereocenters. The molecule has 0 saturated heterocycles. The van der Waals surface area contributed by atoms with Gasteiger partial charge in [-0.25, -0.2) is 4.63 Å². The van der Waals surface area contributed by atoms with Crippen LogP contribution in [0, 0.1) is 11.7 Å². The summed E-state index contributed by atoms with van der Waals surface area (Å²) in [4.78, 5) is 0. The summed E-state index contributed by atoms with van der Waals surface area (Å²) in [6.45, 7) is 2.04. The highest BCUT2D eigenvalue weighted by Crippen LogP contribution is 2.28. The summed E-state index contributed by atoms with van der Waals surface area (Å²) in [6, 6.07) is 5.44. The highest BCUT2D eigenvalue weighted by molar-refractivity contribution is 7.71. The number of hydrogen-bond donors (Lipinski definition) is 1. The van der Waals surface area contributed by atoms with E-state index in [0.717, 1.165) is 5.56 Å². The molecule has 0 fully saturated rings. The number of nitrogens with zero attached hydrogens (tertiary/aromatic N) is 5. The molecule has 0 bridgehead atoms. The van der Waals surface area contributed by atoms with Crippen LogP contribution in [0.1, 0.15) is 17.0 Å². The second-order valence-corrected chi connectivity index (χ2v) is 5.13. The Balaban J connectivity index is 1.75. The van der Waals surface area contributed by atoms with Crippen LogP contribution in [0.4, 0.5) is 0 Å². The lowest BCUT2D eigenvalue weighted by Crippen LogP contribution is -2.00. The third-order valence-electron chi connectivity index (χ3n) is 3.17. The topological polar surface area (TPSA) is 103 Å². The summed E-state index contributed by atoms with van der Waals surface area (Å²) < 4.78 is 17.6. The Bertz CT molecular complexity index is 913. The van der Waals surface area contributed by atoms with Gasteiger partial charge in [-0.3, -0.25) is 5.10 Å². The molecule has 0 saturated carbocycles. The molecule has 3 rings (SSSR count).